The van der Waals surface area contributed by atoms with Crippen molar-refractivity contribution in [1.29, 1.82) is 0 Å². The quantitative estimate of drug-likeness (QED) is 0.540. The summed E-state index contributed by atoms with van der Waals surface area (Å²) in [5.74, 6) is -2.48. The van der Waals surface area contributed by atoms with E-state index in [1.165, 1.54) is 11.0 Å². The van der Waals surface area contributed by atoms with Gasteiger partial charge >= 0.3 is 18.3 Å². The minimum Gasteiger partial charge on any atom is -0.381 e. The van der Waals surface area contributed by atoms with Crippen LogP contribution in [0.25, 0.3) is 0 Å². The zero-order chi connectivity index (χ0) is 27.2. The third-order valence-corrected chi connectivity index (χ3v) is 8.05. The number of carbonyl (C=O) groups excluding carboxylic acids is 2. The largest absolute Gasteiger partial charge is 0.471 e. The van der Waals surface area contributed by atoms with Crippen molar-refractivity contribution in [3.8, 4) is 0 Å². The van der Waals surface area contributed by atoms with Crippen molar-refractivity contribution in [3.63, 3.8) is 0 Å². The fourth-order valence-electron chi connectivity index (χ4n) is 5.97. The molecule has 0 bridgehead atoms. The number of rotatable bonds is 4. The summed E-state index contributed by atoms with van der Waals surface area (Å²) in [6, 6.07) is 1.91. The van der Waals surface area contributed by atoms with E-state index in [0.29, 0.717) is 11.3 Å². The summed E-state index contributed by atoms with van der Waals surface area (Å²) in [5, 5.41) is 2.99. The standard InChI is InChI=1S/C25H31F6N3O3/c1-15(2)23(21(35)33-13-16-11-17(24(26,27)28)3-4-20(16)32-14-33)8-5-19(12-23)34(22(36)25(29,30)31)18-6-9-37-10-7-18/h3-4,11,15,18-19,32H,5-10,12-14H2,1-2H3/t19-,23+/m1/s1. The van der Waals surface area contributed by atoms with Crippen LogP contribution in [0.2, 0.25) is 0 Å². The van der Waals surface area contributed by atoms with Gasteiger partial charge < -0.3 is 19.9 Å². The van der Waals surface area contributed by atoms with Gasteiger partial charge in [0.2, 0.25) is 5.91 Å². The van der Waals surface area contributed by atoms with Gasteiger partial charge in [-0.1, -0.05) is 13.8 Å². The minimum absolute atomic E-state index is 0.0462. The number of hydrogen-bond acceptors (Lipinski definition) is 4. The Balaban J connectivity index is 1.58. The molecule has 2 amide bonds. The van der Waals surface area contributed by atoms with Gasteiger partial charge in [-0.05, 0) is 61.8 Å². The lowest BCUT2D eigenvalue weighted by Crippen LogP contribution is -2.54. The first kappa shape index (κ1) is 27.5. The smallest absolute Gasteiger partial charge is 0.381 e. The number of anilines is 1. The molecule has 206 valence electrons. The third-order valence-electron chi connectivity index (χ3n) is 8.05. The molecule has 3 aliphatic rings. The van der Waals surface area contributed by atoms with Crippen LogP contribution in [-0.4, -0.2) is 59.8 Å². The fourth-order valence-corrected chi connectivity index (χ4v) is 5.97. The van der Waals surface area contributed by atoms with Gasteiger partial charge in [0.1, 0.15) is 0 Å². The number of benzene rings is 1. The number of ether oxygens (including phenoxy) is 1. The molecule has 2 aliphatic heterocycles. The second kappa shape index (κ2) is 9.99. The Bertz CT molecular complexity index is 1020. The van der Waals surface area contributed by atoms with Gasteiger partial charge in [-0.25, -0.2) is 0 Å². The van der Waals surface area contributed by atoms with Crippen molar-refractivity contribution in [2.45, 2.75) is 76.9 Å². The summed E-state index contributed by atoms with van der Waals surface area (Å²) in [7, 11) is 0. The van der Waals surface area contributed by atoms with Crippen molar-refractivity contribution in [3.05, 3.63) is 29.3 Å². The van der Waals surface area contributed by atoms with Gasteiger partial charge in [0.05, 0.1) is 17.6 Å². The predicted octanol–water partition coefficient (Wildman–Crippen LogP) is 5.18. The van der Waals surface area contributed by atoms with Gasteiger partial charge in [-0.3, -0.25) is 9.59 Å². The van der Waals surface area contributed by atoms with E-state index in [4.69, 9.17) is 4.74 Å². The molecular weight excluding hydrogens is 504 g/mol. The van der Waals surface area contributed by atoms with E-state index < -0.39 is 41.3 Å². The Morgan fingerprint density at radius 3 is 2.35 bits per heavy atom. The molecule has 0 spiro atoms. The number of amides is 2. The van der Waals surface area contributed by atoms with E-state index in [-0.39, 0.29) is 70.4 Å². The molecule has 6 nitrogen and oxygen atoms in total. The first-order valence-corrected chi connectivity index (χ1v) is 12.4. The second-order valence-corrected chi connectivity index (χ2v) is 10.5. The Morgan fingerprint density at radius 1 is 1.08 bits per heavy atom. The molecule has 1 aromatic carbocycles. The van der Waals surface area contributed by atoms with Crippen LogP contribution in [0.4, 0.5) is 32.0 Å². The van der Waals surface area contributed by atoms with Crippen LogP contribution >= 0.6 is 0 Å². The molecule has 0 radical (unpaired) electrons. The molecule has 2 heterocycles. The number of hydrogen-bond donors (Lipinski definition) is 1. The van der Waals surface area contributed by atoms with E-state index in [1.807, 2.05) is 13.8 Å². The van der Waals surface area contributed by atoms with Crippen LogP contribution in [0.3, 0.4) is 0 Å². The van der Waals surface area contributed by atoms with Crippen LogP contribution in [0.1, 0.15) is 57.1 Å². The molecule has 2 fully saturated rings. The average molecular weight is 536 g/mol. The molecule has 37 heavy (non-hydrogen) atoms. The number of alkyl halides is 6. The molecule has 2 atom stereocenters. The predicted molar refractivity (Wildman–Crippen MR) is 122 cm³/mol. The molecule has 0 unspecified atom stereocenters. The number of nitrogens with one attached hydrogen (secondary N) is 1. The topological polar surface area (TPSA) is 61.9 Å². The highest BCUT2D eigenvalue weighted by Gasteiger charge is 2.55. The molecular formula is C25H31F6N3O3. The van der Waals surface area contributed by atoms with Crippen molar-refractivity contribution in [2.75, 3.05) is 25.2 Å². The van der Waals surface area contributed by atoms with Crippen molar-refractivity contribution >= 4 is 17.5 Å². The molecule has 4 rings (SSSR count). The van der Waals surface area contributed by atoms with Crippen LogP contribution in [0.5, 0.6) is 0 Å². The van der Waals surface area contributed by atoms with Gasteiger partial charge in [0, 0.05) is 37.5 Å². The van der Waals surface area contributed by atoms with Crippen LogP contribution in [0.15, 0.2) is 18.2 Å². The number of carbonyl (C=O) groups is 2. The summed E-state index contributed by atoms with van der Waals surface area (Å²) in [5.41, 5.74) is -1.04. The number of halogens is 6. The van der Waals surface area contributed by atoms with E-state index in [1.54, 1.807) is 0 Å². The molecule has 12 heteroatoms. The Hall–Kier alpha value is -2.50. The first-order chi connectivity index (χ1) is 17.2. The zero-order valence-electron chi connectivity index (χ0n) is 20.7. The summed E-state index contributed by atoms with van der Waals surface area (Å²) >= 11 is 0. The molecule has 1 saturated carbocycles. The maximum absolute atomic E-state index is 13.9. The monoisotopic (exact) mass is 535 g/mol. The Kier molecular flexibility index (Phi) is 7.44. The maximum Gasteiger partial charge on any atom is 0.471 e. The molecule has 1 aromatic rings. The third kappa shape index (κ3) is 5.39. The highest BCUT2D eigenvalue weighted by molar-refractivity contribution is 5.85. The average Bonchev–Trinajstić information content (AvgIpc) is 3.29. The van der Waals surface area contributed by atoms with E-state index in [0.717, 1.165) is 17.0 Å². The Labute approximate surface area is 211 Å². The number of nitrogens with zero attached hydrogens (tertiary/aromatic N) is 2. The highest BCUT2D eigenvalue weighted by Crippen LogP contribution is 2.49. The van der Waals surface area contributed by atoms with E-state index in [2.05, 4.69) is 5.32 Å². The minimum atomic E-state index is -5.04. The van der Waals surface area contributed by atoms with Gasteiger partial charge in [0.15, 0.2) is 0 Å². The first-order valence-electron chi connectivity index (χ1n) is 12.4. The molecule has 1 N–H and O–H groups in total. The zero-order valence-corrected chi connectivity index (χ0v) is 20.7. The van der Waals surface area contributed by atoms with Crippen LogP contribution in [-0.2, 0) is 27.0 Å². The van der Waals surface area contributed by atoms with Gasteiger partial charge in [0.25, 0.3) is 0 Å². The van der Waals surface area contributed by atoms with E-state index >= 15 is 0 Å². The van der Waals surface area contributed by atoms with Crippen LogP contribution < -0.4 is 5.32 Å². The van der Waals surface area contributed by atoms with Crippen molar-refractivity contribution in [1.82, 2.24) is 9.80 Å². The van der Waals surface area contributed by atoms with Crippen molar-refractivity contribution in [2.24, 2.45) is 11.3 Å². The SMILES string of the molecule is CC(C)[C@]1(C(=O)N2CNc3ccc(C(F)(F)F)cc3C2)CC[C@@H](N(C(=O)C(F)(F)F)C2CCOCC2)C1. The molecule has 1 aliphatic carbocycles. The normalized spacial score (nSPS) is 25.1. The lowest BCUT2D eigenvalue weighted by Gasteiger charge is -2.42. The summed E-state index contributed by atoms with van der Waals surface area (Å²) < 4.78 is 85.7. The van der Waals surface area contributed by atoms with Gasteiger partial charge in [-0.15, -0.1) is 0 Å². The lowest BCUT2D eigenvalue weighted by molar-refractivity contribution is -0.192. The fraction of sp³-hybridized carbons (Fsp3) is 0.680. The highest BCUT2D eigenvalue weighted by atomic mass is 19.4. The lowest BCUT2D eigenvalue weighted by atomic mass is 9.74. The number of fused-ring (bicyclic) bond motifs is 1. The van der Waals surface area contributed by atoms with Gasteiger partial charge in [-0.2, -0.15) is 26.3 Å². The molecule has 1 saturated heterocycles. The summed E-state index contributed by atoms with van der Waals surface area (Å²) in [6.45, 7) is 4.17. The van der Waals surface area contributed by atoms with Crippen LogP contribution in [0, 0.1) is 11.3 Å². The van der Waals surface area contributed by atoms with Crippen molar-refractivity contribution < 1.29 is 40.7 Å². The molecule has 0 aromatic heterocycles. The second-order valence-electron chi connectivity index (χ2n) is 10.5. The summed E-state index contributed by atoms with van der Waals surface area (Å²) in [6.07, 6.45) is -8.41. The summed E-state index contributed by atoms with van der Waals surface area (Å²) in [4.78, 5) is 28.8. The maximum atomic E-state index is 13.9. The van der Waals surface area contributed by atoms with E-state index in [9.17, 15) is 35.9 Å². The Morgan fingerprint density at radius 2 is 1.76 bits per heavy atom.